The molecule has 0 saturated carbocycles. The van der Waals surface area contributed by atoms with Gasteiger partial charge in [0.1, 0.15) is 5.54 Å². The predicted octanol–water partition coefficient (Wildman–Crippen LogP) is 0.967. The summed E-state index contributed by atoms with van der Waals surface area (Å²) in [5.74, 6) is -0.392. The van der Waals surface area contributed by atoms with Crippen LogP contribution in [0.15, 0.2) is 0 Å². The first-order valence-electron chi connectivity index (χ1n) is 5.95. The third-order valence-corrected chi connectivity index (χ3v) is 3.45. The number of rotatable bonds is 5. The van der Waals surface area contributed by atoms with Gasteiger partial charge in [-0.05, 0) is 39.3 Å². The van der Waals surface area contributed by atoms with Crippen molar-refractivity contribution in [1.29, 1.82) is 0 Å². The molecule has 1 saturated heterocycles. The van der Waals surface area contributed by atoms with Crippen molar-refractivity contribution in [2.45, 2.75) is 38.1 Å². The van der Waals surface area contributed by atoms with E-state index in [1.165, 1.54) is 14.2 Å². The molecule has 5 heteroatoms. The largest absolute Gasteiger partial charge is 0.469 e. The van der Waals surface area contributed by atoms with Crippen LogP contribution in [0.25, 0.3) is 0 Å². The maximum Gasteiger partial charge on any atom is 0.325 e. The topological polar surface area (TPSA) is 55.8 Å². The van der Waals surface area contributed by atoms with Gasteiger partial charge in [0, 0.05) is 6.42 Å². The van der Waals surface area contributed by atoms with Crippen LogP contribution in [0.1, 0.15) is 32.6 Å². The van der Waals surface area contributed by atoms with E-state index >= 15 is 0 Å². The van der Waals surface area contributed by atoms with E-state index in [1.807, 2.05) is 6.92 Å². The number of carbonyl (C=O) groups is 2. The van der Waals surface area contributed by atoms with Crippen LogP contribution in [-0.2, 0) is 19.1 Å². The van der Waals surface area contributed by atoms with Crippen LogP contribution in [0.2, 0.25) is 0 Å². The highest BCUT2D eigenvalue weighted by atomic mass is 16.5. The van der Waals surface area contributed by atoms with Crippen LogP contribution >= 0.6 is 0 Å². The minimum atomic E-state index is -0.523. The number of esters is 2. The van der Waals surface area contributed by atoms with Crippen molar-refractivity contribution in [2.75, 3.05) is 27.3 Å². The van der Waals surface area contributed by atoms with Crippen LogP contribution in [0.3, 0.4) is 0 Å². The van der Waals surface area contributed by atoms with Crippen molar-refractivity contribution < 1.29 is 19.1 Å². The Morgan fingerprint density at radius 1 is 1.29 bits per heavy atom. The highest BCUT2D eigenvalue weighted by Gasteiger charge is 2.43. The zero-order valence-corrected chi connectivity index (χ0v) is 10.8. The third kappa shape index (κ3) is 3.19. The average Bonchev–Trinajstić information content (AvgIpc) is 2.71. The number of likely N-dealkylation sites (tertiary alicyclic amines) is 1. The molecule has 0 radical (unpaired) electrons. The average molecular weight is 243 g/mol. The second kappa shape index (κ2) is 6.00. The minimum Gasteiger partial charge on any atom is -0.469 e. The Kier molecular flexibility index (Phi) is 4.93. The lowest BCUT2D eigenvalue weighted by Crippen LogP contribution is -2.49. The van der Waals surface area contributed by atoms with Gasteiger partial charge in [0.05, 0.1) is 14.2 Å². The minimum absolute atomic E-state index is 0.187. The van der Waals surface area contributed by atoms with Gasteiger partial charge < -0.3 is 9.47 Å². The summed E-state index contributed by atoms with van der Waals surface area (Å²) in [6.45, 7) is 3.51. The van der Waals surface area contributed by atoms with Gasteiger partial charge in [0.15, 0.2) is 0 Å². The summed E-state index contributed by atoms with van der Waals surface area (Å²) in [6.07, 6.45) is 2.91. The lowest BCUT2D eigenvalue weighted by Gasteiger charge is -2.32. The number of methoxy groups -OCH3 is 2. The van der Waals surface area contributed by atoms with E-state index in [0.29, 0.717) is 12.8 Å². The molecule has 0 aromatic rings. The van der Waals surface area contributed by atoms with Crippen LogP contribution in [0.5, 0.6) is 0 Å². The molecule has 0 N–H and O–H groups in total. The maximum absolute atomic E-state index is 11.7. The molecule has 1 unspecified atom stereocenters. The zero-order chi connectivity index (χ0) is 12.9. The molecule has 1 aliphatic rings. The quantitative estimate of drug-likeness (QED) is 0.673. The molecular formula is C12H21NO4. The molecule has 5 nitrogen and oxygen atoms in total. The van der Waals surface area contributed by atoms with Gasteiger partial charge in [0.25, 0.3) is 0 Å². The normalized spacial score (nSPS) is 24.6. The van der Waals surface area contributed by atoms with Crippen molar-refractivity contribution in [3.63, 3.8) is 0 Å². The zero-order valence-electron chi connectivity index (χ0n) is 10.8. The molecule has 0 spiro atoms. The summed E-state index contributed by atoms with van der Waals surface area (Å²) in [6, 6.07) is 0. The summed E-state index contributed by atoms with van der Waals surface area (Å²) in [4.78, 5) is 24.8. The Morgan fingerprint density at radius 3 is 2.59 bits per heavy atom. The van der Waals surface area contributed by atoms with Gasteiger partial charge in [-0.2, -0.15) is 0 Å². The first-order chi connectivity index (χ1) is 8.04. The fourth-order valence-electron chi connectivity index (χ4n) is 2.34. The molecule has 1 aliphatic heterocycles. The van der Waals surface area contributed by atoms with E-state index in [4.69, 9.17) is 4.74 Å². The van der Waals surface area contributed by atoms with Gasteiger partial charge in [-0.15, -0.1) is 0 Å². The third-order valence-electron chi connectivity index (χ3n) is 3.45. The van der Waals surface area contributed by atoms with E-state index in [9.17, 15) is 9.59 Å². The summed E-state index contributed by atoms with van der Waals surface area (Å²) in [5.41, 5.74) is -0.523. The number of nitrogens with zero attached hydrogens (tertiary/aromatic N) is 1. The number of hydrogen-bond donors (Lipinski definition) is 0. The highest BCUT2D eigenvalue weighted by molar-refractivity contribution is 5.80. The summed E-state index contributed by atoms with van der Waals surface area (Å²) < 4.78 is 9.43. The Hall–Kier alpha value is -1.10. The molecule has 0 aromatic heterocycles. The first-order valence-corrected chi connectivity index (χ1v) is 5.95. The number of carbonyl (C=O) groups excluding carboxylic acids is 2. The molecule has 0 bridgehead atoms. The molecule has 0 aromatic carbocycles. The second-order valence-corrected chi connectivity index (χ2v) is 4.54. The van der Waals surface area contributed by atoms with E-state index in [0.717, 1.165) is 25.9 Å². The molecule has 0 aliphatic carbocycles. The number of hydrogen-bond acceptors (Lipinski definition) is 5. The maximum atomic E-state index is 11.7. The molecule has 1 heterocycles. The molecule has 1 fully saturated rings. The van der Waals surface area contributed by atoms with Crippen molar-refractivity contribution in [3.05, 3.63) is 0 Å². The van der Waals surface area contributed by atoms with Crippen LogP contribution in [-0.4, -0.2) is 49.7 Å². The summed E-state index contributed by atoms with van der Waals surface area (Å²) in [5, 5.41) is 0. The van der Waals surface area contributed by atoms with Crippen LogP contribution < -0.4 is 0 Å². The van der Waals surface area contributed by atoms with Gasteiger partial charge in [-0.3, -0.25) is 14.5 Å². The fourth-order valence-corrected chi connectivity index (χ4v) is 2.34. The van der Waals surface area contributed by atoms with Gasteiger partial charge in [0.2, 0.25) is 0 Å². The number of ether oxygens (including phenoxy) is 2. The molecular weight excluding hydrogens is 222 g/mol. The lowest BCUT2D eigenvalue weighted by molar-refractivity contribution is -0.152. The second-order valence-electron chi connectivity index (χ2n) is 4.54. The first kappa shape index (κ1) is 14.0. The van der Waals surface area contributed by atoms with Gasteiger partial charge >= 0.3 is 11.9 Å². The SMILES string of the molecule is COC(=O)CCCN1CCCC1(C)C(=O)OC. The highest BCUT2D eigenvalue weighted by Crippen LogP contribution is 2.30. The Labute approximate surface area is 102 Å². The van der Waals surface area contributed by atoms with E-state index in [2.05, 4.69) is 9.64 Å². The standard InChI is InChI=1S/C12H21NO4/c1-12(11(15)17-3)7-5-9-13(12)8-4-6-10(14)16-2/h4-9H2,1-3H3. The van der Waals surface area contributed by atoms with Crippen LogP contribution in [0, 0.1) is 0 Å². The lowest BCUT2D eigenvalue weighted by atomic mass is 9.99. The van der Waals surface area contributed by atoms with Gasteiger partial charge in [-0.1, -0.05) is 0 Å². The Balaban J connectivity index is 2.47. The van der Waals surface area contributed by atoms with Crippen molar-refractivity contribution in [3.8, 4) is 0 Å². The van der Waals surface area contributed by atoms with E-state index in [1.54, 1.807) is 0 Å². The summed E-state index contributed by atoms with van der Waals surface area (Å²) in [7, 11) is 2.80. The van der Waals surface area contributed by atoms with Crippen molar-refractivity contribution >= 4 is 11.9 Å². The van der Waals surface area contributed by atoms with E-state index in [-0.39, 0.29) is 11.9 Å². The smallest absolute Gasteiger partial charge is 0.325 e. The summed E-state index contributed by atoms with van der Waals surface area (Å²) >= 11 is 0. The Bertz CT molecular complexity index is 292. The van der Waals surface area contributed by atoms with Crippen molar-refractivity contribution in [1.82, 2.24) is 4.90 Å². The van der Waals surface area contributed by atoms with Gasteiger partial charge in [-0.25, -0.2) is 0 Å². The molecule has 0 amide bonds. The predicted molar refractivity (Wildman–Crippen MR) is 62.5 cm³/mol. The molecule has 1 rings (SSSR count). The van der Waals surface area contributed by atoms with E-state index < -0.39 is 5.54 Å². The van der Waals surface area contributed by atoms with Crippen molar-refractivity contribution in [2.24, 2.45) is 0 Å². The van der Waals surface area contributed by atoms with Crippen LogP contribution in [0.4, 0.5) is 0 Å². The molecule has 98 valence electrons. The molecule has 17 heavy (non-hydrogen) atoms. The Morgan fingerprint density at radius 2 is 2.00 bits per heavy atom. The fraction of sp³-hybridized carbons (Fsp3) is 0.833. The molecule has 1 atom stereocenters. The monoisotopic (exact) mass is 243 g/mol.